The lowest BCUT2D eigenvalue weighted by atomic mass is 9.88. The summed E-state index contributed by atoms with van der Waals surface area (Å²) in [6.07, 6.45) is 11.8. The Morgan fingerprint density at radius 1 is 1.32 bits per heavy atom. The highest BCUT2D eigenvalue weighted by atomic mass is 16.5. The van der Waals surface area contributed by atoms with Crippen LogP contribution in [0.25, 0.3) is 0 Å². The van der Waals surface area contributed by atoms with Gasteiger partial charge in [-0.1, -0.05) is 44.2 Å². The van der Waals surface area contributed by atoms with Crippen LogP contribution in [0.3, 0.4) is 0 Å². The molecule has 126 valence electrons. The van der Waals surface area contributed by atoms with E-state index in [1.54, 1.807) is 13.8 Å². The predicted octanol–water partition coefficient (Wildman–Crippen LogP) is 3.96. The maximum Gasteiger partial charge on any atom is 0.110 e. The minimum atomic E-state index is -0.923. The van der Waals surface area contributed by atoms with Crippen LogP contribution in [0, 0.1) is 5.92 Å². The van der Waals surface area contributed by atoms with Gasteiger partial charge in [0.15, 0.2) is 0 Å². The standard InChI is InChI=1S/C19H33NO2/c1-8-19(12-10-9-11-13-19)20-16(14-15(2)3)22-18(6,7)17(4,5)21/h8-12,15-16,20-21H,1,13-14H2,2-7H3/t16?,19-/m1/s1. The first-order valence-corrected chi connectivity index (χ1v) is 8.17. The zero-order chi connectivity index (χ0) is 17.0. The summed E-state index contributed by atoms with van der Waals surface area (Å²) in [5.41, 5.74) is -1.87. The monoisotopic (exact) mass is 307 g/mol. The lowest BCUT2D eigenvalue weighted by molar-refractivity contribution is -0.187. The van der Waals surface area contributed by atoms with Gasteiger partial charge in [0, 0.05) is 0 Å². The first kappa shape index (κ1) is 19.1. The normalized spacial score (nSPS) is 23.8. The Morgan fingerprint density at radius 3 is 2.36 bits per heavy atom. The van der Waals surface area contributed by atoms with Crippen molar-refractivity contribution < 1.29 is 9.84 Å². The third kappa shape index (κ3) is 5.08. The smallest absolute Gasteiger partial charge is 0.110 e. The van der Waals surface area contributed by atoms with Crippen molar-refractivity contribution in [1.29, 1.82) is 0 Å². The van der Waals surface area contributed by atoms with Gasteiger partial charge in [0.05, 0.1) is 16.7 Å². The largest absolute Gasteiger partial charge is 0.387 e. The molecule has 0 aliphatic heterocycles. The van der Waals surface area contributed by atoms with Crippen LogP contribution in [-0.2, 0) is 4.74 Å². The molecule has 1 rings (SSSR count). The van der Waals surface area contributed by atoms with Crippen molar-refractivity contribution in [3.8, 4) is 0 Å². The van der Waals surface area contributed by atoms with E-state index in [-0.39, 0.29) is 11.8 Å². The highest BCUT2D eigenvalue weighted by Crippen LogP contribution is 2.29. The van der Waals surface area contributed by atoms with E-state index in [1.807, 2.05) is 32.1 Å². The van der Waals surface area contributed by atoms with Gasteiger partial charge < -0.3 is 9.84 Å². The first-order chi connectivity index (χ1) is 10.0. The van der Waals surface area contributed by atoms with Gasteiger partial charge in [0.2, 0.25) is 0 Å². The van der Waals surface area contributed by atoms with E-state index in [2.05, 4.69) is 37.9 Å². The zero-order valence-corrected chi connectivity index (χ0v) is 15.0. The molecule has 1 aliphatic rings. The minimum absolute atomic E-state index is 0.157. The molecule has 22 heavy (non-hydrogen) atoms. The van der Waals surface area contributed by atoms with E-state index in [1.165, 1.54) is 0 Å². The fourth-order valence-electron chi connectivity index (χ4n) is 2.32. The second-order valence-electron chi connectivity index (χ2n) is 7.69. The third-order valence-electron chi connectivity index (χ3n) is 4.49. The molecular weight excluding hydrogens is 274 g/mol. The minimum Gasteiger partial charge on any atom is -0.387 e. The highest BCUT2D eigenvalue weighted by Gasteiger charge is 2.39. The van der Waals surface area contributed by atoms with Gasteiger partial charge in [-0.2, -0.15) is 0 Å². The molecule has 3 nitrogen and oxygen atoms in total. The molecule has 0 fully saturated rings. The van der Waals surface area contributed by atoms with Crippen LogP contribution in [0.1, 0.15) is 54.4 Å². The summed E-state index contributed by atoms with van der Waals surface area (Å²) in [5.74, 6) is 0.486. The Balaban J connectivity index is 2.91. The van der Waals surface area contributed by atoms with Crippen LogP contribution >= 0.6 is 0 Å². The van der Waals surface area contributed by atoms with Crippen LogP contribution in [0.2, 0.25) is 0 Å². The van der Waals surface area contributed by atoms with Crippen molar-refractivity contribution >= 4 is 0 Å². The van der Waals surface area contributed by atoms with Gasteiger partial charge in [0.1, 0.15) is 6.23 Å². The maximum atomic E-state index is 10.4. The van der Waals surface area contributed by atoms with Crippen molar-refractivity contribution in [3.05, 3.63) is 37.0 Å². The topological polar surface area (TPSA) is 41.5 Å². The summed E-state index contributed by atoms with van der Waals surface area (Å²) in [6, 6.07) is 0. The summed E-state index contributed by atoms with van der Waals surface area (Å²) in [7, 11) is 0. The summed E-state index contributed by atoms with van der Waals surface area (Å²) >= 11 is 0. The zero-order valence-electron chi connectivity index (χ0n) is 15.0. The molecule has 0 heterocycles. The molecule has 0 aromatic rings. The number of ether oxygens (including phenoxy) is 1. The fourth-order valence-corrected chi connectivity index (χ4v) is 2.32. The van der Waals surface area contributed by atoms with Crippen LogP contribution in [0.15, 0.2) is 37.0 Å². The molecule has 0 aromatic heterocycles. The molecule has 1 aliphatic carbocycles. The molecule has 2 atom stereocenters. The van der Waals surface area contributed by atoms with Crippen LogP contribution in [0.5, 0.6) is 0 Å². The van der Waals surface area contributed by atoms with Crippen molar-refractivity contribution in [3.63, 3.8) is 0 Å². The SMILES string of the molecule is C=C[C@@]1(NC(CC(C)C)OC(C)(C)C(C)(C)O)C=CC=CC1. The lowest BCUT2D eigenvalue weighted by Crippen LogP contribution is -2.56. The Bertz CT molecular complexity index is 429. The number of hydrogen-bond donors (Lipinski definition) is 2. The van der Waals surface area contributed by atoms with E-state index in [4.69, 9.17) is 4.74 Å². The number of nitrogens with one attached hydrogen (secondary N) is 1. The fraction of sp³-hybridized carbons (Fsp3) is 0.684. The Morgan fingerprint density at radius 2 is 1.95 bits per heavy atom. The molecule has 0 spiro atoms. The van der Waals surface area contributed by atoms with Crippen LogP contribution in [-0.4, -0.2) is 28.1 Å². The number of rotatable bonds is 8. The van der Waals surface area contributed by atoms with Crippen molar-refractivity contribution in [2.24, 2.45) is 5.92 Å². The molecule has 0 aromatic carbocycles. The first-order valence-electron chi connectivity index (χ1n) is 8.17. The second kappa shape index (κ2) is 7.12. The van der Waals surface area contributed by atoms with Gasteiger partial charge in [-0.25, -0.2) is 0 Å². The van der Waals surface area contributed by atoms with E-state index in [9.17, 15) is 5.11 Å². The van der Waals surface area contributed by atoms with E-state index < -0.39 is 11.2 Å². The second-order valence-corrected chi connectivity index (χ2v) is 7.69. The third-order valence-corrected chi connectivity index (χ3v) is 4.49. The van der Waals surface area contributed by atoms with Crippen molar-refractivity contribution in [2.75, 3.05) is 0 Å². The lowest BCUT2D eigenvalue weighted by Gasteiger charge is -2.43. The number of allylic oxidation sites excluding steroid dienone is 2. The van der Waals surface area contributed by atoms with E-state index >= 15 is 0 Å². The van der Waals surface area contributed by atoms with E-state index in [0.29, 0.717) is 5.92 Å². The average Bonchev–Trinajstić information content (AvgIpc) is 2.37. The highest BCUT2D eigenvalue weighted by molar-refractivity contribution is 5.27. The molecule has 0 saturated heterocycles. The Kier molecular flexibility index (Phi) is 6.19. The molecule has 0 bridgehead atoms. The van der Waals surface area contributed by atoms with Crippen LogP contribution < -0.4 is 5.32 Å². The quantitative estimate of drug-likeness (QED) is 0.527. The Labute approximate surface area is 136 Å². The van der Waals surface area contributed by atoms with Gasteiger partial charge in [-0.15, -0.1) is 6.58 Å². The molecule has 2 N–H and O–H groups in total. The van der Waals surface area contributed by atoms with Gasteiger partial charge >= 0.3 is 0 Å². The van der Waals surface area contributed by atoms with Crippen molar-refractivity contribution in [1.82, 2.24) is 5.32 Å². The van der Waals surface area contributed by atoms with Crippen molar-refractivity contribution in [2.45, 2.75) is 77.4 Å². The molecule has 1 unspecified atom stereocenters. The number of hydrogen-bond acceptors (Lipinski definition) is 3. The molecule has 0 radical (unpaired) electrons. The molecule has 0 saturated carbocycles. The summed E-state index contributed by atoms with van der Waals surface area (Å²) in [4.78, 5) is 0. The molecule has 3 heteroatoms. The summed E-state index contributed by atoms with van der Waals surface area (Å²) in [5, 5.41) is 13.9. The average molecular weight is 307 g/mol. The van der Waals surface area contributed by atoms with Gasteiger partial charge in [-0.05, 0) is 46.5 Å². The van der Waals surface area contributed by atoms with Gasteiger partial charge in [0.25, 0.3) is 0 Å². The van der Waals surface area contributed by atoms with Gasteiger partial charge in [-0.3, -0.25) is 5.32 Å². The maximum absolute atomic E-state index is 10.4. The predicted molar refractivity (Wildman–Crippen MR) is 93.7 cm³/mol. The van der Waals surface area contributed by atoms with Crippen LogP contribution in [0.4, 0.5) is 0 Å². The van der Waals surface area contributed by atoms with E-state index in [0.717, 1.165) is 12.8 Å². The summed E-state index contributed by atoms with van der Waals surface area (Å²) in [6.45, 7) is 15.8. The molecule has 0 amide bonds. The molecular formula is C19H33NO2. The Hall–Kier alpha value is -0.900. The number of aliphatic hydroxyl groups is 1. The summed E-state index contributed by atoms with van der Waals surface area (Å²) < 4.78 is 6.28.